The van der Waals surface area contributed by atoms with Gasteiger partial charge < -0.3 is 30.5 Å². The summed E-state index contributed by atoms with van der Waals surface area (Å²) in [6.45, 7) is 7.26. The van der Waals surface area contributed by atoms with Crippen LogP contribution in [0.3, 0.4) is 0 Å². The summed E-state index contributed by atoms with van der Waals surface area (Å²) in [4.78, 5) is 25.8. The molecular weight excluding hydrogens is 557 g/mol. The Morgan fingerprint density at radius 3 is 2.41 bits per heavy atom. The number of hydrogen-bond acceptors (Lipinski definition) is 8. The van der Waals surface area contributed by atoms with Crippen molar-refractivity contribution in [3.05, 3.63) is 90.9 Å². The van der Waals surface area contributed by atoms with Gasteiger partial charge in [-0.25, -0.2) is 9.37 Å². The van der Waals surface area contributed by atoms with E-state index in [-0.39, 0.29) is 17.5 Å². The molecule has 1 aromatic heterocycles. The van der Waals surface area contributed by atoms with Crippen LogP contribution in [-0.4, -0.2) is 62.1 Å². The molecule has 1 heterocycles. The van der Waals surface area contributed by atoms with Crippen LogP contribution in [0.5, 0.6) is 5.75 Å². The number of benzene rings is 3. The van der Waals surface area contributed by atoms with E-state index in [4.69, 9.17) is 9.72 Å². The topological polar surface area (TPSA) is 94.6 Å². The third kappa shape index (κ3) is 8.11. The van der Waals surface area contributed by atoms with Crippen molar-refractivity contribution in [2.45, 2.75) is 19.8 Å². The van der Waals surface area contributed by atoms with Crippen molar-refractivity contribution in [2.75, 3.05) is 62.2 Å². The summed E-state index contributed by atoms with van der Waals surface area (Å²) in [5.74, 6) is 0.461. The quantitative estimate of drug-likeness (QED) is 0.136. The second-order valence-electron chi connectivity index (χ2n) is 10.6. The molecule has 0 saturated carbocycles. The molecule has 4 rings (SSSR count). The Labute approximate surface area is 258 Å². The van der Waals surface area contributed by atoms with Crippen molar-refractivity contribution < 1.29 is 13.9 Å². The van der Waals surface area contributed by atoms with Crippen LogP contribution in [0.1, 0.15) is 18.9 Å². The summed E-state index contributed by atoms with van der Waals surface area (Å²) >= 11 is 0. The van der Waals surface area contributed by atoms with E-state index in [1.807, 2.05) is 44.2 Å². The Bertz CT molecular complexity index is 1590. The molecule has 0 fully saturated rings. The van der Waals surface area contributed by atoms with Crippen molar-refractivity contribution in [2.24, 2.45) is 0 Å². The average Bonchev–Trinajstić information content (AvgIpc) is 3.02. The number of nitrogens with zero attached hydrogens (tertiary/aromatic N) is 4. The summed E-state index contributed by atoms with van der Waals surface area (Å²) in [5.41, 5.74) is 5.00. The minimum Gasteiger partial charge on any atom is -0.494 e. The first kappa shape index (κ1) is 32.0. The van der Waals surface area contributed by atoms with Gasteiger partial charge in [0.15, 0.2) is 0 Å². The van der Waals surface area contributed by atoms with Crippen LogP contribution in [0.15, 0.2) is 79.5 Å². The number of aryl methyl sites for hydroxylation is 1. The molecule has 4 aromatic rings. The van der Waals surface area contributed by atoms with Crippen LogP contribution in [0.25, 0.3) is 11.1 Å². The maximum atomic E-state index is 14.7. The molecule has 44 heavy (non-hydrogen) atoms. The summed E-state index contributed by atoms with van der Waals surface area (Å²) in [6.07, 6.45) is 4.96. The molecule has 10 heteroatoms. The van der Waals surface area contributed by atoms with Gasteiger partial charge in [0.25, 0.3) is 0 Å². The number of aromatic nitrogens is 2. The number of halogens is 1. The number of hydrogen-bond donors (Lipinski definition) is 3. The lowest BCUT2D eigenvalue weighted by Gasteiger charge is -2.26. The zero-order valence-corrected chi connectivity index (χ0v) is 25.9. The third-order valence-corrected chi connectivity index (χ3v) is 7.02. The average molecular weight is 598 g/mol. The van der Waals surface area contributed by atoms with E-state index in [0.29, 0.717) is 28.5 Å². The second-order valence-corrected chi connectivity index (χ2v) is 10.6. The van der Waals surface area contributed by atoms with Gasteiger partial charge in [-0.05, 0) is 55.9 Å². The molecule has 0 unspecified atom stereocenters. The highest BCUT2D eigenvalue weighted by Gasteiger charge is 2.18. The molecular formula is C34H40FN7O2. The Morgan fingerprint density at radius 2 is 1.75 bits per heavy atom. The first-order valence-electron chi connectivity index (χ1n) is 14.5. The van der Waals surface area contributed by atoms with E-state index >= 15 is 0 Å². The first-order valence-corrected chi connectivity index (χ1v) is 14.5. The number of carbonyl (C=O) groups is 1. The Hall–Kier alpha value is -4.96. The highest BCUT2D eigenvalue weighted by Crippen LogP contribution is 2.38. The van der Waals surface area contributed by atoms with Crippen LogP contribution < -0.4 is 25.6 Å². The number of carbonyl (C=O) groups excluding carboxylic acids is 1. The molecule has 0 saturated heterocycles. The molecule has 0 aliphatic heterocycles. The highest BCUT2D eigenvalue weighted by atomic mass is 19.1. The van der Waals surface area contributed by atoms with Gasteiger partial charge in [-0.1, -0.05) is 56.3 Å². The van der Waals surface area contributed by atoms with Gasteiger partial charge in [-0.3, -0.25) is 4.79 Å². The number of amides is 1. The molecule has 1 amide bonds. The first-order chi connectivity index (χ1) is 21.2. The number of ether oxygens (including phenoxy) is 1. The maximum absolute atomic E-state index is 14.7. The van der Waals surface area contributed by atoms with E-state index in [0.717, 1.165) is 37.2 Å². The zero-order valence-electron chi connectivity index (χ0n) is 25.9. The van der Waals surface area contributed by atoms with Crippen molar-refractivity contribution in [3.8, 4) is 16.9 Å². The highest BCUT2D eigenvalue weighted by molar-refractivity contribution is 6.02. The number of likely N-dealkylation sites (N-methyl/N-ethyl adjacent to an activating group) is 2. The fourth-order valence-electron chi connectivity index (χ4n) is 4.60. The van der Waals surface area contributed by atoms with Gasteiger partial charge in [-0.15, -0.1) is 0 Å². The van der Waals surface area contributed by atoms with E-state index < -0.39 is 5.82 Å². The molecule has 3 aromatic carbocycles. The molecule has 0 radical (unpaired) electrons. The van der Waals surface area contributed by atoms with Gasteiger partial charge in [0.2, 0.25) is 11.9 Å². The van der Waals surface area contributed by atoms with Crippen LogP contribution in [0.4, 0.5) is 38.9 Å². The standard InChI is InChI=1S/C34H40FN7O2/c1-7-11-23-14-16-24(17-15-23)25-22-36-34(40-33(25)38-27-13-10-9-12-26(27)35)39-29-20-28(37-32(43)8-2)30(21-31(29)44-6)42(5)19-18-41(3)4/h8-10,12-17,20-22H,2,7,11,18-19H2,1,3-6H3,(H,37,43)(H2,36,38,39,40). The molecule has 3 N–H and O–H groups in total. The Balaban J connectivity index is 1.75. The van der Waals surface area contributed by atoms with Crippen LogP contribution in [0.2, 0.25) is 0 Å². The summed E-state index contributed by atoms with van der Waals surface area (Å²) < 4.78 is 20.4. The largest absolute Gasteiger partial charge is 0.494 e. The molecule has 0 bridgehead atoms. The lowest BCUT2D eigenvalue weighted by Crippen LogP contribution is -2.29. The van der Waals surface area contributed by atoms with Crippen LogP contribution >= 0.6 is 0 Å². The fraction of sp³-hybridized carbons (Fsp3) is 0.265. The van der Waals surface area contributed by atoms with Crippen molar-refractivity contribution in [3.63, 3.8) is 0 Å². The number of anilines is 6. The third-order valence-electron chi connectivity index (χ3n) is 7.02. The predicted molar refractivity (Wildman–Crippen MR) is 178 cm³/mol. The smallest absolute Gasteiger partial charge is 0.247 e. The van der Waals surface area contributed by atoms with E-state index in [1.54, 1.807) is 37.6 Å². The maximum Gasteiger partial charge on any atom is 0.247 e. The fourth-order valence-corrected chi connectivity index (χ4v) is 4.60. The van der Waals surface area contributed by atoms with Crippen LogP contribution in [-0.2, 0) is 11.2 Å². The second kappa shape index (κ2) is 15.0. The van der Waals surface area contributed by atoms with Crippen LogP contribution in [0, 0.1) is 5.82 Å². The summed E-state index contributed by atoms with van der Waals surface area (Å²) in [6, 6.07) is 18.3. The number of rotatable bonds is 14. The van der Waals surface area contributed by atoms with Crippen molar-refractivity contribution in [1.82, 2.24) is 14.9 Å². The minimum absolute atomic E-state index is 0.253. The summed E-state index contributed by atoms with van der Waals surface area (Å²) in [7, 11) is 7.53. The molecule has 0 aliphatic carbocycles. The van der Waals surface area contributed by atoms with Gasteiger partial charge in [-0.2, -0.15) is 4.98 Å². The molecule has 0 atom stereocenters. The van der Waals surface area contributed by atoms with Crippen molar-refractivity contribution >= 4 is 40.4 Å². The van der Waals surface area contributed by atoms with Gasteiger partial charge in [0.1, 0.15) is 17.4 Å². The normalized spacial score (nSPS) is 10.8. The summed E-state index contributed by atoms with van der Waals surface area (Å²) in [5, 5.41) is 9.28. The number of nitrogens with one attached hydrogen (secondary N) is 3. The number of para-hydroxylation sites is 1. The van der Waals surface area contributed by atoms with E-state index in [1.165, 1.54) is 17.7 Å². The lowest BCUT2D eigenvalue weighted by atomic mass is 10.0. The minimum atomic E-state index is -0.400. The van der Waals surface area contributed by atoms with Crippen molar-refractivity contribution in [1.29, 1.82) is 0 Å². The molecule has 230 valence electrons. The molecule has 9 nitrogen and oxygen atoms in total. The zero-order chi connectivity index (χ0) is 31.6. The van der Waals surface area contributed by atoms with Gasteiger partial charge in [0.05, 0.1) is 29.9 Å². The molecule has 0 aliphatic rings. The van der Waals surface area contributed by atoms with E-state index in [2.05, 4.69) is 51.5 Å². The molecule has 0 spiro atoms. The Morgan fingerprint density at radius 1 is 1.00 bits per heavy atom. The predicted octanol–water partition coefficient (Wildman–Crippen LogP) is 6.85. The number of methoxy groups -OCH3 is 1. The monoisotopic (exact) mass is 597 g/mol. The van der Waals surface area contributed by atoms with Gasteiger partial charge in [0, 0.05) is 38.0 Å². The van der Waals surface area contributed by atoms with E-state index in [9.17, 15) is 9.18 Å². The Kier molecular flexibility index (Phi) is 10.9. The lowest BCUT2D eigenvalue weighted by molar-refractivity contribution is -0.111. The SMILES string of the molecule is C=CC(=O)Nc1cc(Nc2ncc(-c3ccc(CCC)cc3)c(Nc3ccccc3F)n2)c(OC)cc1N(C)CCN(C)C. The van der Waals surface area contributed by atoms with Gasteiger partial charge >= 0.3 is 0 Å².